The van der Waals surface area contributed by atoms with Gasteiger partial charge in [0.25, 0.3) is 0 Å². The van der Waals surface area contributed by atoms with Crippen molar-refractivity contribution in [3.63, 3.8) is 0 Å². The Bertz CT molecular complexity index is 277. The zero-order valence-corrected chi connectivity index (χ0v) is 10.4. The summed E-state index contributed by atoms with van der Waals surface area (Å²) in [5.74, 6) is 0.657. The van der Waals surface area contributed by atoms with Gasteiger partial charge in [-0.2, -0.15) is 0 Å². The molecule has 0 unspecified atom stereocenters. The summed E-state index contributed by atoms with van der Waals surface area (Å²) < 4.78 is 0. The van der Waals surface area contributed by atoms with Gasteiger partial charge in [-0.25, -0.2) is 4.98 Å². The van der Waals surface area contributed by atoms with E-state index in [9.17, 15) is 0 Å². The van der Waals surface area contributed by atoms with E-state index in [0.717, 1.165) is 6.54 Å². The predicted molar refractivity (Wildman–Crippen MR) is 62.9 cm³/mol. The summed E-state index contributed by atoms with van der Waals surface area (Å²) >= 11 is 1.87. The van der Waals surface area contributed by atoms with Crippen LogP contribution in [0.2, 0.25) is 0 Å². The molecule has 3 heteroatoms. The van der Waals surface area contributed by atoms with E-state index >= 15 is 0 Å². The molecule has 1 N–H and O–H groups in total. The third-order valence-corrected chi connectivity index (χ3v) is 3.90. The Kier molecular flexibility index (Phi) is 4.55. The monoisotopic (exact) mass is 212 g/mol. The number of aryl methyl sites for hydroxylation is 1. The smallest absolute Gasteiger partial charge is 0.0962 e. The molecule has 0 spiro atoms. The zero-order valence-electron chi connectivity index (χ0n) is 9.55. The van der Waals surface area contributed by atoms with Crippen molar-refractivity contribution in [2.45, 2.75) is 46.1 Å². The van der Waals surface area contributed by atoms with Gasteiger partial charge in [0, 0.05) is 17.3 Å². The fourth-order valence-corrected chi connectivity index (χ4v) is 2.93. The van der Waals surface area contributed by atoms with Gasteiger partial charge in [0.2, 0.25) is 0 Å². The van der Waals surface area contributed by atoms with Crippen LogP contribution in [0.1, 0.15) is 48.2 Å². The lowest BCUT2D eigenvalue weighted by Gasteiger charge is -2.06. The van der Waals surface area contributed by atoms with Gasteiger partial charge in [0.15, 0.2) is 0 Å². The molecule has 1 aromatic heterocycles. The average Bonchev–Trinajstić information content (AvgIpc) is 2.51. The standard InChI is InChI=1S/C11H20N2S/c1-5-9(6-2)11-13-8(3)10(14-11)7-12-4/h9,12H,5-7H2,1-4H3. The van der Waals surface area contributed by atoms with E-state index in [1.54, 1.807) is 0 Å². The quantitative estimate of drug-likeness (QED) is 0.811. The summed E-state index contributed by atoms with van der Waals surface area (Å²) in [4.78, 5) is 6.03. The number of nitrogens with zero attached hydrogens (tertiary/aromatic N) is 1. The lowest BCUT2D eigenvalue weighted by molar-refractivity contribution is 0.636. The molecule has 0 saturated heterocycles. The molecule has 0 aliphatic heterocycles. The van der Waals surface area contributed by atoms with Crippen LogP contribution in [-0.2, 0) is 6.54 Å². The molecule has 0 radical (unpaired) electrons. The molecule has 0 fully saturated rings. The summed E-state index contributed by atoms with van der Waals surface area (Å²) in [6.07, 6.45) is 2.39. The molecule has 0 aliphatic carbocycles. The van der Waals surface area contributed by atoms with E-state index in [-0.39, 0.29) is 0 Å². The normalized spacial score (nSPS) is 11.2. The van der Waals surface area contributed by atoms with E-state index in [2.05, 4.69) is 31.1 Å². The number of hydrogen-bond donors (Lipinski definition) is 1. The second-order valence-electron chi connectivity index (χ2n) is 3.60. The minimum absolute atomic E-state index is 0.657. The van der Waals surface area contributed by atoms with Crippen molar-refractivity contribution in [2.24, 2.45) is 0 Å². The van der Waals surface area contributed by atoms with Gasteiger partial charge in [0.1, 0.15) is 0 Å². The van der Waals surface area contributed by atoms with Crippen LogP contribution >= 0.6 is 11.3 Å². The molecule has 0 atom stereocenters. The molecule has 14 heavy (non-hydrogen) atoms. The van der Waals surface area contributed by atoms with Crippen LogP contribution in [-0.4, -0.2) is 12.0 Å². The SMILES string of the molecule is CCC(CC)c1nc(C)c(CNC)s1. The van der Waals surface area contributed by atoms with Gasteiger partial charge in [0.05, 0.1) is 10.7 Å². The zero-order chi connectivity index (χ0) is 10.6. The highest BCUT2D eigenvalue weighted by Crippen LogP contribution is 2.29. The van der Waals surface area contributed by atoms with E-state index in [1.165, 1.54) is 28.4 Å². The molecule has 0 bridgehead atoms. The van der Waals surface area contributed by atoms with Crippen LogP contribution in [0.15, 0.2) is 0 Å². The maximum absolute atomic E-state index is 4.65. The van der Waals surface area contributed by atoms with Crippen molar-refractivity contribution in [3.05, 3.63) is 15.6 Å². The third-order valence-electron chi connectivity index (χ3n) is 2.58. The highest BCUT2D eigenvalue weighted by Gasteiger charge is 2.13. The summed E-state index contributed by atoms with van der Waals surface area (Å²) in [6, 6.07) is 0. The Morgan fingerprint density at radius 1 is 1.36 bits per heavy atom. The molecule has 2 nitrogen and oxygen atoms in total. The molecule has 0 saturated carbocycles. The average molecular weight is 212 g/mol. The summed E-state index contributed by atoms with van der Waals surface area (Å²) in [5.41, 5.74) is 1.20. The molecule has 0 aromatic carbocycles. The summed E-state index contributed by atoms with van der Waals surface area (Å²) in [5, 5.41) is 4.50. The molecule has 0 aliphatic rings. The van der Waals surface area contributed by atoms with Crippen molar-refractivity contribution in [1.29, 1.82) is 0 Å². The maximum Gasteiger partial charge on any atom is 0.0962 e. The van der Waals surface area contributed by atoms with Gasteiger partial charge in [-0.1, -0.05) is 13.8 Å². The first kappa shape index (κ1) is 11.7. The summed E-state index contributed by atoms with van der Waals surface area (Å²) in [6.45, 7) is 7.53. The predicted octanol–water partition coefficient (Wildman–Crippen LogP) is 3.07. The largest absolute Gasteiger partial charge is 0.315 e. The Hall–Kier alpha value is -0.410. The number of nitrogens with one attached hydrogen (secondary N) is 1. The number of aromatic nitrogens is 1. The van der Waals surface area contributed by atoms with Crippen molar-refractivity contribution in [2.75, 3.05) is 7.05 Å². The first-order valence-corrected chi connectivity index (χ1v) is 6.15. The minimum atomic E-state index is 0.657. The van der Waals surface area contributed by atoms with Gasteiger partial charge >= 0.3 is 0 Å². The van der Waals surface area contributed by atoms with Gasteiger partial charge in [-0.15, -0.1) is 11.3 Å². The second kappa shape index (κ2) is 5.47. The number of hydrogen-bond acceptors (Lipinski definition) is 3. The number of thiazole rings is 1. The fourth-order valence-electron chi connectivity index (χ4n) is 1.59. The third kappa shape index (κ3) is 2.55. The first-order valence-electron chi connectivity index (χ1n) is 5.33. The Balaban J connectivity index is 2.83. The van der Waals surface area contributed by atoms with Gasteiger partial charge in [-0.3, -0.25) is 0 Å². The van der Waals surface area contributed by atoms with Crippen LogP contribution in [0.25, 0.3) is 0 Å². The Morgan fingerprint density at radius 3 is 2.50 bits per heavy atom. The molecular weight excluding hydrogens is 192 g/mol. The van der Waals surface area contributed by atoms with Crippen LogP contribution < -0.4 is 5.32 Å². The first-order chi connectivity index (χ1) is 6.72. The lowest BCUT2D eigenvalue weighted by Crippen LogP contribution is -2.04. The second-order valence-corrected chi connectivity index (χ2v) is 4.72. The fraction of sp³-hybridized carbons (Fsp3) is 0.727. The van der Waals surface area contributed by atoms with E-state index in [0.29, 0.717) is 5.92 Å². The van der Waals surface area contributed by atoms with Crippen LogP contribution in [0, 0.1) is 6.92 Å². The van der Waals surface area contributed by atoms with E-state index in [1.807, 2.05) is 18.4 Å². The minimum Gasteiger partial charge on any atom is -0.315 e. The van der Waals surface area contributed by atoms with Gasteiger partial charge in [-0.05, 0) is 26.8 Å². The molecule has 80 valence electrons. The van der Waals surface area contributed by atoms with Crippen LogP contribution in [0.3, 0.4) is 0 Å². The summed E-state index contributed by atoms with van der Waals surface area (Å²) in [7, 11) is 1.98. The highest BCUT2D eigenvalue weighted by molar-refractivity contribution is 7.11. The van der Waals surface area contributed by atoms with Crippen molar-refractivity contribution in [1.82, 2.24) is 10.3 Å². The Labute approximate surface area is 90.8 Å². The van der Waals surface area contributed by atoms with Crippen molar-refractivity contribution >= 4 is 11.3 Å². The molecular formula is C11H20N2S. The van der Waals surface area contributed by atoms with Crippen molar-refractivity contribution in [3.8, 4) is 0 Å². The van der Waals surface area contributed by atoms with Crippen molar-refractivity contribution < 1.29 is 0 Å². The van der Waals surface area contributed by atoms with Gasteiger partial charge < -0.3 is 5.32 Å². The van der Waals surface area contributed by atoms with Crippen LogP contribution in [0.4, 0.5) is 0 Å². The van der Waals surface area contributed by atoms with E-state index < -0.39 is 0 Å². The lowest BCUT2D eigenvalue weighted by atomic mass is 10.1. The molecule has 1 rings (SSSR count). The maximum atomic E-state index is 4.65. The molecule has 1 heterocycles. The molecule has 1 aromatic rings. The highest BCUT2D eigenvalue weighted by atomic mass is 32.1. The molecule has 0 amide bonds. The van der Waals surface area contributed by atoms with Crippen LogP contribution in [0.5, 0.6) is 0 Å². The topological polar surface area (TPSA) is 24.9 Å². The Morgan fingerprint density at radius 2 is 2.00 bits per heavy atom. The number of rotatable bonds is 5. The van der Waals surface area contributed by atoms with E-state index in [4.69, 9.17) is 0 Å².